The van der Waals surface area contributed by atoms with Gasteiger partial charge in [0.25, 0.3) is 0 Å². The van der Waals surface area contributed by atoms with Crippen LogP contribution in [0.2, 0.25) is 0 Å². The van der Waals surface area contributed by atoms with Gasteiger partial charge in [0.2, 0.25) is 0 Å². The Hall–Kier alpha value is -9.10. The summed E-state index contributed by atoms with van der Waals surface area (Å²) in [5.74, 6) is 0. The molecule has 2 aliphatic rings. The van der Waals surface area contributed by atoms with Crippen molar-refractivity contribution in [2.24, 2.45) is 0 Å². The summed E-state index contributed by atoms with van der Waals surface area (Å²) in [5, 5.41) is 17.8. The van der Waals surface area contributed by atoms with Crippen molar-refractivity contribution in [1.82, 2.24) is 0 Å². The number of hydrogen-bond acceptors (Lipinski definition) is 0. The molecule has 0 N–H and O–H groups in total. The molecular weight excluding hydrogens is 841 g/mol. The molecule has 0 atom stereocenters. The fraction of sp³-hybridized carbons (Fsp3) is 0. The maximum absolute atomic E-state index is 2.49. The highest BCUT2D eigenvalue weighted by Crippen LogP contribution is 2.65. The Labute approximate surface area is 405 Å². The monoisotopic (exact) mass is 880 g/mol. The Bertz CT molecular complexity index is 4030. The quantitative estimate of drug-likeness (QED) is 0.165. The predicted octanol–water partition coefficient (Wildman–Crippen LogP) is 19.7. The number of rotatable bonds is 4. The van der Waals surface area contributed by atoms with E-state index >= 15 is 0 Å². The molecule has 14 aromatic carbocycles. The molecule has 2 aliphatic carbocycles. The van der Waals surface area contributed by atoms with Gasteiger partial charge in [-0.1, -0.05) is 243 Å². The van der Waals surface area contributed by atoms with E-state index in [1.54, 1.807) is 0 Å². The lowest BCUT2D eigenvalue weighted by molar-refractivity contribution is 1.64. The summed E-state index contributed by atoms with van der Waals surface area (Å²) in [6.07, 6.45) is 0. The Kier molecular flexibility index (Phi) is 7.70. The fourth-order valence-electron chi connectivity index (χ4n) is 13.2. The zero-order chi connectivity index (χ0) is 45.6. The van der Waals surface area contributed by atoms with E-state index in [1.807, 2.05) is 0 Å². The lowest BCUT2D eigenvalue weighted by atomic mass is 9.80. The van der Waals surface area contributed by atoms with E-state index in [-0.39, 0.29) is 0 Å². The zero-order valence-electron chi connectivity index (χ0n) is 38.1. The normalized spacial score (nSPS) is 12.3. The molecule has 0 aliphatic heterocycles. The van der Waals surface area contributed by atoms with Crippen molar-refractivity contribution in [1.29, 1.82) is 0 Å². The Morgan fingerprint density at radius 1 is 0.129 bits per heavy atom. The first-order chi connectivity index (χ1) is 34.8. The van der Waals surface area contributed by atoms with Crippen LogP contribution in [0.25, 0.3) is 164 Å². The number of hydrogen-bond donors (Lipinski definition) is 0. The second kappa shape index (κ2) is 14.2. The van der Waals surface area contributed by atoms with Crippen LogP contribution in [-0.4, -0.2) is 0 Å². The van der Waals surface area contributed by atoms with Crippen molar-refractivity contribution in [2.75, 3.05) is 0 Å². The SMILES string of the molecule is c1ccc2c(-c3c4c(c(-c5cccc6ccccc56)c5ccccc35)-c3ccc5c6c(ccc-4c36)-c3c-5c(-c4cccc5ccccc45)c4ccccc4c3-c3cccc4ccccc34)cccc2c1. The Morgan fingerprint density at radius 3 is 0.571 bits per heavy atom. The zero-order valence-corrected chi connectivity index (χ0v) is 38.1. The van der Waals surface area contributed by atoms with Crippen molar-refractivity contribution in [2.45, 2.75) is 0 Å². The van der Waals surface area contributed by atoms with E-state index in [0.29, 0.717) is 0 Å². The van der Waals surface area contributed by atoms with E-state index in [4.69, 9.17) is 0 Å². The van der Waals surface area contributed by atoms with Gasteiger partial charge in [-0.2, -0.15) is 0 Å². The van der Waals surface area contributed by atoms with Crippen LogP contribution < -0.4 is 0 Å². The van der Waals surface area contributed by atoms with Gasteiger partial charge in [-0.25, -0.2) is 0 Å². The van der Waals surface area contributed by atoms with E-state index < -0.39 is 0 Å². The van der Waals surface area contributed by atoms with Gasteiger partial charge < -0.3 is 0 Å². The highest BCUT2D eigenvalue weighted by molar-refractivity contribution is 6.37. The van der Waals surface area contributed by atoms with Gasteiger partial charge in [0.15, 0.2) is 0 Å². The van der Waals surface area contributed by atoms with Gasteiger partial charge in [-0.15, -0.1) is 0 Å². The molecule has 0 nitrogen and oxygen atoms in total. The van der Waals surface area contributed by atoms with Crippen molar-refractivity contribution in [3.63, 3.8) is 0 Å². The van der Waals surface area contributed by atoms with Gasteiger partial charge in [0.05, 0.1) is 0 Å². The molecule has 0 radical (unpaired) electrons. The third kappa shape index (κ3) is 4.99. The van der Waals surface area contributed by atoms with Crippen LogP contribution >= 0.6 is 0 Å². The molecule has 0 spiro atoms. The molecule has 0 bridgehead atoms. The van der Waals surface area contributed by atoms with E-state index in [1.165, 1.54) is 164 Å². The molecule has 0 saturated heterocycles. The molecule has 0 unspecified atom stereocenters. The summed E-state index contributed by atoms with van der Waals surface area (Å²) < 4.78 is 0. The largest absolute Gasteiger partial charge is 0.0616 e. The molecule has 0 saturated carbocycles. The minimum atomic E-state index is 1.25. The molecule has 16 rings (SSSR count). The van der Waals surface area contributed by atoms with Gasteiger partial charge in [-0.3, -0.25) is 0 Å². The minimum Gasteiger partial charge on any atom is -0.0616 e. The van der Waals surface area contributed by atoms with Gasteiger partial charge in [0, 0.05) is 0 Å². The summed E-state index contributed by atoms with van der Waals surface area (Å²) in [7, 11) is 0. The number of benzene rings is 14. The molecule has 0 aromatic heterocycles. The third-order valence-corrected chi connectivity index (χ3v) is 15.9. The van der Waals surface area contributed by atoms with Crippen molar-refractivity contribution in [3.8, 4) is 89.0 Å². The van der Waals surface area contributed by atoms with Gasteiger partial charge in [-0.05, 0) is 164 Å². The first-order valence-corrected chi connectivity index (χ1v) is 24.5. The number of fused-ring (bicyclic) bond motifs is 12. The Morgan fingerprint density at radius 2 is 0.329 bits per heavy atom. The molecule has 0 heterocycles. The van der Waals surface area contributed by atoms with Gasteiger partial charge in [0.1, 0.15) is 0 Å². The summed E-state index contributed by atoms with van der Waals surface area (Å²) in [5.41, 5.74) is 20.8. The average Bonchev–Trinajstić information content (AvgIpc) is 3.93. The van der Waals surface area contributed by atoms with E-state index in [9.17, 15) is 0 Å². The highest BCUT2D eigenvalue weighted by atomic mass is 14.4. The van der Waals surface area contributed by atoms with Crippen LogP contribution in [0.5, 0.6) is 0 Å². The molecule has 70 heavy (non-hydrogen) atoms. The summed E-state index contributed by atoms with van der Waals surface area (Å²) >= 11 is 0. The van der Waals surface area contributed by atoms with Crippen LogP contribution in [0.15, 0.2) is 243 Å². The van der Waals surface area contributed by atoms with Crippen LogP contribution in [0.3, 0.4) is 0 Å². The van der Waals surface area contributed by atoms with Gasteiger partial charge >= 0.3 is 0 Å². The summed E-state index contributed by atoms with van der Waals surface area (Å²) in [6, 6.07) is 91.4. The van der Waals surface area contributed by atoms with Crippen LogP contribution in [-0.2, 0) is 0 Å². The molecular formula is C70H40. The molecule has 0 amide bonds. The van der Waals surface area contributed by atoms with E-state index in [2.05, 4.69) is 243 Å². The smallest absolute Gasteiger partial charge is 0.000718 e. The van der Waals surface area contributed by atoms with Crippen molar-refractivity contribution >= 4 is 75.4 Å². The van der Waals surface area contributed by atoms with E-state index in [0.717, 1.165) is 0 Å². The first-order valence-electron chi connectivity index (χ1n) is 24.5. The van der Waals surface area contributed by atoms with Crippen LogP contribution in [0.1, 0.15) is 0 Å². The lowest BCUT2D eigenvalue weighted by Crippen LogP contribution is -1.95. The van der Waals surface area contributed by atoms with Crippen LogP contribution in [0.4, 0.5) is 0 Å². The Balaban J connectivity index is 1.11. The molecule has 320 valence electrons. The molecule has 0 fully saturated rings. The second-order valence-electron chi connectivity index (χ2n) is 19.3. The highest BCUT2D eigenvalue weighted by Gasteiger charge is 2.37. The third-order valence-electron chi connectivity index (χ3n) is 15.9. The minimum absolute atomic E-state index is 1.25. The van der Waals surface area contributed by atoms with Crippen molar-refractivity contribution < 1.29 is 0 Å². The van der Waals surface area contributed by atoms with Crippen molar-refractivity contribution in [3.05, 3.63) is 243 Å². The topological polar surface area (TPSA) is 0 Å². The average molecular weight is 881 g/mol. The second-order valence-corrected chi connectivity index (χ2v) is 19.3. The fourth-order valence-corrected chi connectivity index (χ4v) is 13.2. The maximum Gasteiger partial charge on any atom is -0.000718 e. The maximum atomic E-state index is 2.49. The molecule has 0 heteroatoms. The first kappa shape index (κ1) is 37.9. The summed E-state index contributed by atoms with van der Waals surface area (Å²) in [6.45, 7) is 0. The summed E-state index contributed by atoms with van der Waals surface area (Å²) in [4.78, 5) is 0. The predicted molar refractivity (Wildman–Crippen MR) is 300 cm³/mol. The van der Waals surface area contributed by atoms with Crippen LogP contribution in [0, 0.1) is 0 Å². The lowest BCUT2D eigenvalue weighted by Gasteiger charge is -2.23. The molecule has 14 aromatic rings. The standard InChI is InChI=1S/C70H40/c1-5-25-45-41(17-1)21-13-33-49(45)61-53-29-9-10-30-54(53)62(50-34-14-22-42-18-2-6-26-46(42)50)68-58-39-40-60-66-59(38-37-57(65(58)66)67(61)68)69-63(51-35-15-23-43-19-3-7-27-47(43)51)55-31-11-12-32-56(55)64(70(60)69)52-36-16-24-44-20-4-8-28-48(44)52/h1-40H.